The molecule has 90 valence electrons. The Labute approximate surface area is 99.0 Å². The lowest BCUT2D eigenvalue weighted by Gasteiger charge is -2.39. The predicted octanol–water partition coefficient (Wildman–Crippen LogP) is 2.37. The summed E-state index contributed by atoms with van der Waals surface area (Å²) in [5, 5.41) is 3.73. The van der Waals surface area contributed by atoms with Crippen LogP contribution in [0.25, 0.3) is 0 Å². The number of hydrogen-bond donors (Lipinski definition) is 2. The van der Waals surface area contributed by atoms with Crippen LogP contribution in [-0.4, -0.2) is 18.1 Å². The Morgan fingerprint density at radius 2 is 2.38 bits per heavy atom. The zero-order valence-electron chi connectivity index (χ0n) is 10.4. The number of hydrogen-bond acceptors (Lipinski definition) is 2. The van der Waals surface area contributed by atoms with Crippen molar-refractivity contribution in [3.8, 4) is 0 Å². The van der Waals surface area contributed by atoms with Gasteiger partial charge in [0.15, 0.2) is 0 Å². The van der Waals surface area contributed by atoms with Gasteiger partial charge in [-0.1, -0.05) is 25.2 Å². The van der Waals surface area contributed by atoms with Crippen LogP contribution in [0.4, 0.5) is 0 Å². The summed E-state index contributed by atoms with van der Waals surface area (Å²) in [6.45, 7) is 4.49. The molecule has 0 bridgehead atoms. The molecule has 0 aromatic heterocycles. The van der Waals surface area contributed by atoms with Crippen LogP contribution < -0.4 is 11.1 Å². The van der Waals surface area contributed by atoms with Gasteiger partial charge in [-0.05, 0) is 38.2 Å². The van der Waals surface area contributed by atoms with Gasteiger partial charge in [-0.15, -0.1) is 0 Å². The Bertz CT molecular complexity index is 293. The Balaban J connectivity index is 2.11. The first kappa shape index (κ1) is 11.9. The van der Waals surface area contributed by atoms with Crippen LogP contribution in [0.5, 0.6) is 0 Å². The molecule has 2 aliphatic carbocycles. The number of fused-ring (bicyclic) bond motifs is 1. The molecule has 0 radical (unpaired) electrons. The van der Waals surface area contributed by atoms with Crippen molar-refractivity contribution in [3.63, 3.8) is 0 Å². The van der Waals surface area contributed by atoms with Crippen LogP contribution in [0, 0.1) is 5.92 Å². The molecule has 0 fully saturated rings. The lowest BCUT2D eigenvalue weighted by atomic mass is 9.75. The molecule has 2 nitrogen and oxygen atoms in total. The first-order valence-electron chi connectivity index (χ1n) is 6.60. The minimum Gasteiger partial charge on any atom is -0.327 e. The van der Waals surface area contributed by atoms with Crippen LogP contribution in [0.2, 0.25) is 0 Å². The average Bonchev–Trinajstić information content (AvgIpc) is 2.29. The van der Waals surface area contributed by atoms with Gasteiger partial charge >= 0.3 is 0 Å². The third kappa shape index (κ3) is 2.38. The maximum atomic E-state index is 6.28. The zero-order valence-corrected chi connectivity index (χ0v) is 10.4. The van der Waals surface area contributed by atoms with Gasteiger partial charge in [-0.2, -0.15) is 0 Å². The Kier molecular flexibility index (Phi) is 3.82. The van der Waals surface area contributed by atoms with E-state index in [-0.39, 0.29) is 0 Å². The lowest BCUT2D eigenvalue weighted by Crippen LogP contribution is -2.50. The number of nitrogens with two attached hydrogens (primary N) is 1. The van der Waals surface area contributed by atoms with Gasteiger partial charge in [0.05, 0.1) is 0 Å². The highest BCUT2D eigenvalue weighted by molar-refractivity contribution is 5.31. The smallest absolute Gasteiger partial charge is 0.0188 e. The molecule has 0 aromatic rings. The molecule has 0 aliphatic heterocycles. The van der Waals surface area contributed by atoms with Crippen molar-refractivity contribution in [1.82, 2.24) is 5.32 Å². The quantitative estimate of drug-likeness (QED) is 0.766. The molecule has 0 aromatic carbocycles. The van der Waals surface area contributed by atoms with E-state index in [1.807, 2.05) is 0 Å². The first-order chi connectivity index (χ1) is 7.72. The Morgan fingerprint density at radius 1 is 1.56 bits per heavy atom. The van der Waals surface area contributed by atoms with Gasteiger partial charge in [-0.3, -0.25) is 0 Å². The summed E-state index contributed by atoms with van der Waals surface area (Å²) in [6.07, 6.45) is 11.5. The van der Waals surface area contributed by atoms with Crippen molar-refractivity contribution in [2.24, 2.45) is 11.7 Å². The molecule has 0 spiro atoms. The summed E-state index contributed by atoms with van der Waals surface area (Å²) < 4.78 is 0. The lowest BCUT2D eigenvalue weighted by molar-refractivity contribution is 0.296. The van der Waals surface area contributed by atoms with E-state index in [9.17, 15) is 0 Å². The SMILES string of the molecule is CCC(C)NC1CC=CC2=CCCC(N)C21. The molecule has 2 heteroatoms. The molecule has 2 aliphatic rings. The van der Waals surface area contributed by atoms with Gasteiger partial charge in [-0.25, -0.2) is 0 Å². The van der Waals surface area contributed by atoms with Crippen molar-refractivity contribution < 1.29 is 0 Å². The zero-order chi connectivity index (χ0) is 11.5. The van der Waals surface area contributed by atoms with Crippen LogP contribution in [0.3, 0.4) is 0 Å². The number of nitrogens with one attached hydrogen (secondary N) is 1. The van der Waals surface area contributed by atoms with E-state index in [4.69, 9.17) is 5.73 Å². The maximum Gasteiger partial charge on any atom is 0.0188 e. The van der Waals surface area contributed by atoms with Crippen molar-refractivity contribution in [2.45, 2.75) is 57.7 Å². The third-order valence-corrected chi connectivity index (χ3v) is 3.97. The Hall–Kier alpha value is -0.600. The van der Waals surface area contributed by atoms with Crippen LogP contribution >= 0.6 is 0 Å². The predicted molar refractivity (Wildman–Crippen MR) is 69.2 cm³/mol. The molecule has 0 saturated carbocycles. The molecule has 4 atom stereocenters. The van der Waals surface area contributed by atoms with Gasteiger partial charge in [0, 0.05) is 24.0 Å². The second-order valence-corrected chi connectivity index (χ2v) is 5.19. The van der Waals surface area contributed by atoms with Crippen molar-refractivity contribution in [1.29, 1.82) is 0 Å². The molecule has 4 unspecified atom stereocenters. The van der Waals surface area contributed by atoms with Gasteiger partial charge in [0.25, 0.3) is 0 Å². The molecule has 16 heavy (non-hydrogen) atoms. The summed E-state index contributed by atoms with van der Waals surface area (Å²) in [5.41, 5.74) is 7.75. The topological polar surface area (TPSA) is 38.0 Å². The maximum absolute atomic E-state index is 6.28. The van der Waals surface area contributed by atoms with Crippen molar-refractivity contribution >= 4 is 0 Å². The monoisotopic (exact) mass is 220 g/mol. The van der Waals surface area contributed by atoms with Gasteiger partial charge in [0.2, 0.25) is 0 Å². The largest absolute Gasteiger partial charge is 0.327 e. The highest BCUT2D eigenvalue weighted by atomic mass is 15.0. The van der Waals surface area contributed by atoms with E-state index in [1.54, 1.807) is 0 Å². The standard InChI is InChI=1S/C14H24N2/c1-3-10(2)16-13-9-5-7-11-6-4-8-12(15)14(11)13/h5-7,10,12-14,16H,3-4,8-9,15H2,1-2H3. The molecular formula is C14H24N2. The number of allylic oxidation sites excluding steroid dienone is 2. The first-order valence-corrected chi connectivity index (χ1v) is 6.60. The second kappa shape index (κ2) is 5.15. The van der Waals surface area contributed by atoms with Crippen LogP contribution in [-0.2, 0) is 0 Å². The third-order valence-electron chi connectivity index (χ3n) is 3.97. The molecule has 2 rings (SSSR count). The van der Waals surface area contributed by atoms with E-state index in [0.29, 0.717) is 24.0 Å². The second-order valence-electron chi connectivity index (χ2n) is 5.19. The molecular weight excluding hydrogens is 196 g/mol. The average molecular weight is 220 g/mol. The van der Waals surface area contributed by atoms with E-state index in [2.05, 4.69) is 37.4 Å². The van der Waals surface area contributed by atoms with Crippen LogP contribution in [0.1, 0.15) is 39.5 Å². The summed E-state index contributed by atoms with van der Waals surface area (Å²) in [4.78, 5) is 0. The van der Waals surface area contributed by atoms with Gasteiger partial charge in [0.1, 0.15) is 0 Å². The van der Waals surface area contributed by atoms with Crippen LogP contribution in [0.15, 0.2) is 23.8 Å². The Morgan fingerprint density at radius 3 is 3.12 bits per heavy atom. The molecule has 0 heterocycles. The van der Waals surface area contributed by atoms with Crippen molar-refractivity contribution in [2.75, 3.05) is 0 Å². The summed E-state index contributed by atoms with van der Waals surface area (Å²) in [7, 11) is 0. The molecule has 3 N–H and O–H groups in total. The number of rotatable bonds is 3. The highest BCUT2D eigenvalue weighted by Gasteiger charge is 2.33. The van der Waals surface area contributed by atoms with E-state index < -0.39 is 0 Å². The molecule has 0 saturated heterocycles. The minimum atomic E-state index is 0.339. The minimum absolute atomic E-state index is 0.339. The fourth-order valence-corrected chi connectivity index (χ4v) is 2.87. The summed E-state index contributed by atoms with van der Waals surface area (Å²) in [6, 6.07) is 1.47. The summed E-state index contributed by atoms with van der Waals surface area (Å²) in [5.74, 6) is 0.535. The molecule has 0 amide bonds. The normalized spacial score (nSPS) is 35.4. The van der Waals surface area contributed by atoms with Crippen molar-refractivity contribution in [3.05, 3.63) is 23.8 Å². The highest BCUT2D eigenvalue weighted by Crippen LogP contribution is 2.32. The van der Waals surface area contributed by atoms with E-state index in [0.717, 1.165) is 19.3 Å². The summed E-state index contributed by atoms with van der Waals surface area (Å²) >= 11 is 0. The van der Waals surface area contributed by atoms with E-state index in [1.165, 1.54) is 12.0 Å². The fourth-order valence-electron chi connectivity index (χ4n) is 2.87. The van der Waals surface area contributed by atoms with Gasteiger partial charge < -0.3 is 11.1 Å². The van der Waals surface area contributed by atoms with E-state index >= 15 is 0 Å². The fraction of sp³-hybridized carbons (Fsp3) is 0.714.